The fraction of sp³-hybridized carbons (Fsp3) is 0.875. The second-order valence-corrected chi connectivity index (χ2v) is 7.09. The molecule has 0 aromatic rings. The second-order valence-electron chi connectivity index (χ2n) is 7.09. The topological polar surface area (TPSA) is 49.4 Å². The van der Waals surface area contributed by atoms with E-state index in [2.05, 4.69) is 5.32 Å². The number of rotatable bonds is 1. The van der Waals surface area contributed by atoms with Gasteiger partial charge < -0.3 is 10.2 Å². The summed E-state index contributed by atoms with van der Waals surface area (Å²) in [5.41, 5.74) is 0. The van der Waals surface area contributed by atoms with E-state index in [1.165, 1.54) is 0 Å². The van der Waals surface area contributed by atoms with E-state index >= 15 is 0 Å². The number of nitrogens with zero attached hydrogens (tertiary/aromatic N) is 1. The van der Waals surface area contributed by atoms with Crippen LogP contribution in [0.2, 0.25) is 0 Å². The summed E-state index contributed by atoms with van der Waals surface area (Å²) in [6.07, 6.45) is 0.362. The van der Waals surface area contributed by atoms with Crippen LogP contribution in [0, 0.1) is 11.8 Å². The van der Waals surface area contributed by atoms with E-state index in [0.29, 0.717) is 12.8 Å². The van der Waals surface area contributed by atoms with E-state index in [9.17, 15) is 22.8 Å². The molecule has 0 aromatic heterocycles. The fourth-order valence-corrected chi connectivity index (χ4v) is 4.36. The van der Waals surface area contributed by atoms with Crippen LogP contribution < -0.4 is 5.32 Å². The van der Waals surface area contributed by atoms with E-state index in [1.807, 2.05) is 0 Å². The van der Waals surface area contributed by atoms with Crippen LogP contribution in [-0.2, 0) is 9.59 Å². The molecule has 1 aliphatic heterocycles. The molecule has 23 heavy (non-hydrogen) atoms. The Bertz CT molecular complexity index is 480. The summed E-state index contributed by atoms with van der Waals surface area (Å²) in [6, 6.07) is -0.0730. The zero-order valence-corrected chi connectivity index (χ0v) is 13.1. The Kier molecular flexibility index (Phi) is 4.56. The highest BCUT2D eigenvalue weighted by Gasteiger charge is 2.46. The predicted molar refractivity (Wildman–Crippen MR) is 77.4 cm³/mol. The smallest absolute Gasteiger partial charge is 0.350 e. The van der Waals surface area contributed by atoms with Gasteiger partial charge in [-0.15, -0.1) is 0 Å². The van der Waals surface area contributed by atoms with E-state index in [4.69, 9.17) is 0 Å². The Balaban J connectivity index is 1.71. The number of piperazine rings is 1. The minimum Gasteiger partial charge on any atom is -0.350 e. The minimum absolute atomic E-state index is 0.00676. The Morgan fingerprint density at radius 2 is 1.83 bits per heavy atom. The number of nitrogens with one attached hydrogen (secondary N) is 1. The molecule has 7 heteroatoms. The number of hydrogen-bond donors (Lipinski definition) is 1. The normalized spacial score (nSPS) is 35.4. The summed E-state index contributed by atoms with van der Waals surface area (Å²) in [4.78, 5) is 26.2. The van der Waals surface area contributed by atoms with Gasteiger partial charge in [0, 0.05) is 12.0 Å². The number of hydrogen-bond acceptors (Lipinski definition) is 2. The molecule has 1 saturated heterocycles. The number of alkyl halides is 3. The highest BCUT2D eigenvalue weighted by Crippen LogP contribution is 2.41. The van der Waals surface area contributed by atoms with Crippen molar-refractivity contribution in [3.05, 3.63) is 0 Å². The lowest BCUT2D eigenvalue weighted by Gasteiger charge is -2.45. The van der Waals surface area contributed by atoms with Crippen molar-refractivity contribution in [3.63, 3.8) is 0 Å². The van der Waals surface area contributed by atoms with Gasteiger partial charge in [0.2, 0.25) is 11.8 Å². The van der Waals surface area contributed by atoms with Crippen LogP contribution in [0.15, 0.2) is 0 Å². The van der Waals surface area contributed by atoms with Crippen molar-refractivity contribution in [2.75, 3.05) is 6.54 Å². The minimum atomic E-state index is -4.23. The van der Waals surface area contributed by atoms with Crippen molar-refractivity contribution in [2.24, 2.45) is 11.8 Å². The van der Waals surface area contributed by atoms with E-state index in [0.717, 1.165) is 25.7 Å². The van der Waals surface area contributed by atoms with Gasteiger partial charge in [-0.2, -0.15) is 13.2 Å². The first-order valence-electron chi connectivity index (χ1n) is 8.53. The maximum atomic E-state index is 13.0. The Morgan fingerprint density at radius 3 is 2.57 bits per heavy atom. The van der Waals surface area contributed by atoms with Gasteiger partial charge in [-0.25, -0.2) is 0 Å². The van der Waals surface area contributed by atoms with Crippen LogP contribution in [0.3, 0.4) is 0 Å². The predicted octanol–water partition coefficient (Wildman–Crippen LogP) is 2.62. The van der Waals surface area contributed by atoms with Gasteiger partial charge in [0.05, 0.1) is 18.5 Å². The average Bonchev–Trinajstić information content (AvgIpc) is 2.52. The molecule has 1 N–H and O–H groups in total. The highest BCUT2D eigenvalue weighted by atomic mass is 19.4. The van der Waals surface area contributed by atoms with Gasteiger partial charge in [-0.05, 0) is 32.1 Å². The molecule has 4 nitrogen and oxygen atoms in total. The molecule has 4 atom stereocenters. The van der Waals surface area contributed by atoms with Crippen molar-refractivity contribution >= 4 is 11.8 Å². The number of amides is 2. The average molecular weight is 332 g/mol. The third kappa shape index (κ3) is 3.48. The molecule has 3 fully saturated rings. The number of carbonyl (C=O) groups excluding carboxylic acids is 2. The largest absolute Gasteiger partial charge is 0.391 e. The maximum Gasteiger partial charge on any atom is 0.391 e. The first-order valence-corrected chi connectivity index (χ1v) is 8.53. The zero-order chi connectivity index (χ0) is 16.6. The standard InChI is InChI=1S/C16H23F3N2O2/c17-16(18,19)11-5-3-4-10(8-11)15(23)21-9-14(22)20-12-6-1-2-7-13(12)21/h10-13H,1-9H2,(H,20,22)/t10-,11+,12+,13+/m1/s1. The molecule has 0 radical (unpaired) electrons. The zero-order valence-electron chi connectivity index (χ0n) is 13.1. The monoisotopic (exact) mass is 332 g/mol. The first kappa shape index (κ1) is 16.6. The van der Waals surface area contributed by atoms with Crippen LogP contribution >= 0.6 is 0 Å². The van der Waals surface area contributed by atoms with Crippen LogP contribution in [0.25, 0.3) is 0 Å². The fourth-order valence-electron chi connectivity index (χ4n) is 4.36. The number of halogens is 3. The van der Waals surface area contributed by atoms with Gasteiger partial charge in [0.15, 0.2) is 0 Å². The lowest BCUT2D eigenvalue weighted by molar-refractivity contribution is -0.188. The van der Waals surface area contributed by atoms with Crippen LogP contribution in [0.5, 0.6) is 0 Å². The van der Waals surface area contributed by atoms with Crippen molar-refractivity contribution in [1.29, 1.82) is 0 Å². The number of fused-ring (bicyclic) bond motifs is 1. The van der Waals surface area contributed by atoms with Crippen molar-refractivity contribution < 1.29 is 22.8 Å². The molecule has 130 valence electrons. The van der Waals surface area contributed by atoms with Crippen molar-refractivity contribution in [2.45, 2.75) is 69.6 Å². The van der Waals surface area contributed by atoms with Crippen molar-refractivity contribution in [1.82, 2.24) is 10.2 Å². The van der Waals surface area contributed by atoms with E-state index in [-0.39, 0.29) is 43.3 Å². The van der Waals surface area contributed by atoms with Crippen LogP contribution in [0.4, 0.5) is 13.2 Å². The molecule has 3 aliphatic rings. The first-order chi connectivity index (χ1) is 10.9. The highest BCUT2D eigenvalue weighted by molar-refractivity contribution is 5.87. The summed E-state index contributed by atoms with van der Waals surface area (Å²) in [7, 11) is 0. The quantitative estimate of drug-likeness (QED) is 0.802. The van der Waals surface area contributed by atoms with Gasteiger partial charge in [0.25, 0.3) is 0 Å². The third-order valence-corrected chi connectivity index (χ3v) is 5.56. The van der Waals surface area contributed by atoms with E-state index in [1.54, 1.807) is 4.90 Å². The summed E-state index contributed by atoms with van der Waals surface area (Å²) in [5.74, 6) is -2.41. The molecule has 0 unspecified atom stereocenters. The van der Waals surface area contributed by atoms with Gasteiger partial charge in [-0.1, -0.05) is 19.3 Å². The van der Waals surface area contributed by atoms with E-state index < -0.39 is 18.0 Å². The Hall–Kier alpha value is -1.27. The molecule has 0 spiro atoms. The third-order valence-electron chi connectivity index (χ3n) is 5.56. The molecular formula is C16H23F3N2O2. The summed E-state index contributed by atoms with van der Waals surface area (Å²) in [5, 5.41) is 2.93. The molecule has 2 saturated carbocycles. The summed E-state index contributed by atoms with van der Waals surface area (Å²) >= 11 is 0. The Labute approximate surface area is 133 Å². The molecule has 1 heterocycles. The Morgan fingerprint density at radius 1 is 1.09 bits per heavy atom. The van der Waals surface area contributed by atoms with Gasteiger partial charge in [-0.3, -0.25) is 9.59 Å². The molecule has 2 aliphatic carbocycles. The van der Waals surface area contributed by atoms with Crippen molar-refractivity contribution in [3.8, 4) is 0 Å². The number of carbonyl (C=O) groups is 2. The molecular weight excluding hydrogens is 309 g/mol. The molecule has 2 amide bonds. The molecule has 0 aromatic carbocycles. The lowest BCUT2D eigenvalue weighted by atomic mass is 9.79. The summed E-state index contributed by atoms with van der Waals surface area (Å²) in [6.45, 7) is -0.00676. The molecule has 0 bridgehead atoms. The molecule has 3 rings (SSSR count). The SMILES string of the molecule is O=C1CN(C(=O)[C@@H]2CCC[C@H](C(F)(F)F)C2)[C@H]2CCCC[C@@H]2N1. The van der Waals surface area contributed by atoms with Gasteiger partial charge in [0.1, 0.15) is 0 Å². The maximum absolute atomic E-state index is 13.0. The second kappa shape index (κ2) is 6.32. The van der Waals surface area contributed by atoms with Gasteiger partial charge >= 0.3 is 6.18 Å². The van der Waals surface area contributed by atoms with Crippen LogP contribution in [0.1, 0.15) is 51.4 Å². The van der Waals surface area contributed by atoms with Crippen LogP contribution in [-0.4, -0.2) is 41.5 Å². The summed E-state index contributed by atoms with van der Waals surface area (Å²) < 4.78 is 38.9. The lowest BCUT2D eigenvalue weighted by Crippen LogP contribution is -2.63.